The highest BCUT2D eigenvalue weighted by Crippen LogP contribution is 2.33. The predicted octanol–water partition coefficient (Wildman–Crippen LogP) is 2.14. The molecule has 3 aliphatic rings. The molecule has 8 heteroatoms. The van der Waals surface area contributed by atoms with Gasteiger partial charge in [-0.15, -0.1) is 0 Å². The monoisotopic (exact) mass is 449 g/mol. The van der Waals surface area contributed by atoms with Crippen molar-refractivity contribution >= 4 is 24.2 Å². The van der Waals surface area contributed by atoms with Crippen LogP contribution in [0.15, 0.2) is 48.5 Å². The van der Waals surface area contributed by atoms with Crippen LogP contribution in [0.2, 0.25) is 0 Å². The third kappa shape index (κ3) is 4.96. The van der Waals surface area contributed by atoms with Gasteiger partial charge in [0, 0.05) is 31.6 Å². The molecule has 8 nitrogen and oxygen atoms in total. The lowest BCUT2D eigenvalue weighted by atomic mass is 9.95. The van der Waals surface area contributed by atoms with Crippen molar-refractivity contribution in [2.24, 2.45) is 0 Å². The van der Waals surface area contributed by atoms with E-state index in [1.54, 1.807) is 4.90 Å². The zero-order valence-electron chi connectivity index (χ0n) is 18.3. The van der Waals surface area contributed by atoms with Gasteiger partial charge < -0.3 is 10.0 Å². The molecule has 2 unspecified atom stereocenters. The van der Waals surface area contributed by atoms with E-state index in [0.29, 0.717) is 24.4 Å². The van der Waals surface area contributed by atoms with Crippen LogP contribution < -0.4 is 5.32 Å². The number of piperidine rings is 1. The number of rotatable bonds is 4. The average molecular weight is 450 g/mol. The van der Waals surface area contributed by atoms with Crippen molar-refractivity contribution in [3.63, 3.8) is 0 Å². The van der Waals surface area contributed by atoms with Crippen molar-refractivity contribution < 1.29 is 24.3 Å². The summed E-state index contributed by atoms with van der Waals surface area (Å²) in [6.45, 7) is 3.23. The van der Waals surface area contributed by atoms with Crippen molar-refractivity contribution in [3.05, 3.63) is 70.8 Å². The summed E-state index contributed by atoms with van der Waals surface area (Å²) in [4.78, 5) is 49.0. The van der Waals surface area contributed by atoms with Crippen molar-refractivity contribution in [2.75, 3.05) is 13.1 Å². The highest BCUT2D eigenvalue weighted by molar-refractivity contribution is 6.05. The van der Waals surface area contributed by atoms with Crippen molar-refractivity contribution in [1.82, 2.24) is 15.1 Å². The summed E-state index contributed by atoms with van der Waals surface area (Å²) in [5.41, 5.74) is 4.27. The number of fused-ring (bicyclic) bond motifs is 1. The van der Waals surface area contributed by atoms with Gasteiger partial charge in [0.2, 0.25) is 11.8 Å². The predicted molar refractivity (Wildman–Crippen MR) is 120 cm³/mol. The van der Waals surface area contributed by atoms with Gasteiger partial charge in [-0.3, -0.25) is 29.4 Å². The molecule has 0 bridgehead atoms. The summed E-state index contributed by atoms with van der Waals surface area (Å²) in [6, 6.07) is 16.1. The van der Waals surface area contributed by atoms with Crippen LogP contribution in [0.1, 0.15) is 52.2 Å². The minimum atomic E-state index is -0.557. The number of hydrogen-bond donors (Lipinski definition) is 2. The van der Waals surface area contributed by atoms with E-state index in [2.05, 4.69) is 46.6 Å². The summed E-state index contributed by atoms with van der Waals surface area (Å²) in [6.07, 6.45) is 1.78. The Labute approximate surface area is 192 Å². The normalized spacial score (nSPS) is 22.4. The van der Waals surface area contributed by atoms with Crippen molar-refractivity contribution in [3.8, 4) is 0 Å². The van der Waals surface area contributed by atoms with Crippen LogP contribution in [0.3, 0.4) is 0 Å². The van der Waals surface area contributed by atoms with Gasteiger partial charge in [-0.05, 0) is 48.1 Å². The summed E-state index contributed by atoms with van der Waals surface area (Å²) >= 11 is 0. The molecule has 2 saturated heterocycles. The lowest BCUT2D eigenvalue weighted by Crippen LogP contribution is -2.52. The Kier molecular flexibility index (Phi) is 6.84. The van der Waals surface area contributed by atoms with Crippen molar-refractivity contribution in [2.45, 2.75) is 44.3 Å². The van der Waals surface area contributed by atoms with E-state index in [1.165, 1.54) is 11.1 Å². The number of imide groups is 1. The van der Waals surface area contributed by atoms with E-state index >= 15 is 0 Å². The summed E-state index contributed by atoms with van der Waals surface area (Å²) in [5, 5.41) is 9.25. The van der Waals surface area contributed by atoms with Crippen LogP contribution >= 0.6 is 0 Å². The van der Waals surface area contributed by atoms with Crippen LogP contribution in [0.4, 0.5) is 0 Å². The average Bonchev–Trinajstić information content (AvgIpc) is 3.39. The maximum Gasteiger partial charge on any atom is 0.290 e. The zero-order valence-corrected chi connectivity index (χ0v) is 18.3. The number of nitrogens with zero attached hydrogens (tertiary/aromatic N) is 2. The lowest BCUT2D eigenvalue weighted by Gasteiger charge is -2.29. The van der Waals surface area contributed by atoms with E-state index in [-0.39, 0.29) is 30.6 Å². The second kappa shape index (κ2) is 9.95. The molecule has 33 heavy (non-hydrogen) atoms. The van der Waals surface area contributed by atoms with Crippen LogP contribution in [0, 0.1) is 0 Å². The Morgan fingerprint density at radius 2 is 1.82 bits per heavy atom. The molecule has 0 radical (unpaired) electrons. The molecular weight excluding hydrogens is 422 g/mol. The van der Waals surface area contributed by atoms with E-state index < -0.39 is 6.04 Å². The van der Waals surface area contributed by atoms with Gasteiger partial charge in [0.1, 0.15) is 6.04 Å². The number of carboxylic acid groups (broad SMARTS) is 1. The van der Waals surface area contributed by atoms with Crippen molar-refractivity contribution in [1.29, 1.82) is 0 Å². The molecule has 172 valence electrons. The van der Waals surface area contributed by atoms with Gasteiger partial charge >= 0.3 is 0 Å². The van der Waals surface area contributed by atoms with E-state index in [1.807, 2.05) is 12.1 Å². The zero-order chi connectivity index (χ0) is 23.4. The minimum Gasteiger partial charge on any atom is -0.483 e. The molecular formula is C25H27N3O5. The second-order valence-electron chi connectivity index (χ2n) is 8.63. The Bertz CT molecular complexity index is 1060. The summed E-state index contributed by atoms with van der Waals surface area (Å²) < 4.78 is 0. The van der Waals surface area contributed by atoms with E-state index in [9.17, 15) is 14.4 Å². The van der Waals surface area contributed by atoms with Crippen LogP contribution in [0.25, 0.3) is 0 Å². The Morgan fingerprint density at radius 3 is 2.55 bits per heavy atom. The summed E-state index contributed by atoms with van der Waals surface area (Å²) in [5.74, 6) is -0.272. The highest BCUT2D eigenvalue weighted by atomic mass is 16.3. The summed E-state index contributed by atoms with van der Waals surface area (Å²) in [7, 11) is 0. The van der Waals surface area contributed by atoms with Gasteiger partial charge in [0.05, 0.1) is 0 Å². The highest BCUT2D eigenvalue weighted by Gasteiger charge is 2.39. The molecule has 2 N–H and O–H groups in total. The second-order valence-corrected chi connectivity index (χ2v) is 8.63. The molecule has 2 aromatic rings. The number of nitrogens with one attached hydrogen (secondary N) is 1. The first kappa shape index (κ1) is 22.7. The molecule has 2 atom stereocenters. The Morgan fingerprint density at radius 1 is 1.06 bits per heavy atom. The fraction of sp³-hybridized carbons (Fsp3) is 0.360. The quantitative estimate of drug-likeness (QED) is 0.547. The molecule has 0 aromatic heterocycles. The minimum absolute atomic E-state index is 0.108. The fourth-order valence-corrected chi connectivity index (χ4v) is 4.94. The van der Waals surface area contributed by atoms with Gasteiger partial charge in [0.25, 0.3) is 12.4 Å². The molecule has 3 aliphatic heterocycles. The molecule has 2 fully saturated rings. The van der Waals surface area contributed by atoms with Crippen LogP contribution in [-0.2, 0) is 27.5 Å². The first-order valence-corrected chi connectivity index (χ1v) is 11.1. The van der Waals surface area contributed by atoms with Crippen LogP contribution in [-0.4, -0.2) is 58.2 Å². The molecule has 3 amide bonds. The lowest BCUT2D eigenvalue weighted by molar-refractivity contribution is -0.137. The number of carbonyl (C=O) groups excluding carboxylic acids is 3. The van der Waals surface area contributed by atoms with E-state index in [0.717, 1.165) is 31.6 Å². The molecule has 5 rings (SSSR count). The third-order valence-corrected chi connectivity index (χ3v) is 6.54. The topological polar surface area (TPSA) is 107 Å². The maximum atomic E-state index is 12.9. The maximum absolute atomic E-state index is 12.9. The number of likely N-dealkylation sites (tertiary alicyclic amines) is 1. The number of hydrogen-bond acceptors (Lipinski definition) is 5. The van der Waals surface area contributed by atoms with Gasteiger partial charge in [-0.1, -0.05) is 42.5 Å². The molecule has 0 aliphatic carbocycles. The van der Waals surface area contributed by atoms with Crippen LogP contribution in [0.5, 0.6) is 0 Å². The molecule has 0 saturated carbocycles. The van der Waals surface area contributed by atoms with Gasteiger partial charge in [0.15, 0.2) is 0 Å². The molecule has 0 spiro atoms. The smallest absolute Gasteiger partial charge is 0.290 e. The van der Waals surface area contributed by atoms with E-state index in [4.69, 9.17) is 9.90 Å². The van der Waals surface area contributed by atoms with Gasteiger partial charge in [-0.25, -0.2) is 0 Å². The molecule has 3 heterocycles. The molecule has 2 aromatic carbocycles. The Balaban J connectivity index is 0.000000821. The number of carbonyl (C=O) groups is 4. The fourth-order valence-electron chi connectivity index (χ4n) is 4.94. The SMILES string of the molecule is O=C1CCC(N2Cc3cc(C4CCN(Cc5ccccc5)C4)ccc3C2=O)C(=O)N1.O=CO. The number of amides is 3. The first-order valence-electron chi connectivity index (χ1n) is 11.1. The first-order chi connectivity index (χ1) is 16.0. The standard InChI is InChI=1S/C24H25N3O3.CH2O2/c28-22-9-8-21(23(29)25-22)27-15-19-12-17(6-7-20(19)24(27)30)18-10-11-26(14-18)13-16-4-2-1-3-5-16;2-1-3/h1-7,12,18,21H,8-11,13-15H2,(H,25,28,29);1H,(H,2,3). The largest absolute Gasteiger partial charge is 0.483 e. The number of benzene rings is 2. The van der Waals surface area contributed by atoms with Gasteiger partial charge in [-0.2, -0.15) is 0 Å². The third-order valence-electron chi connectivity index (χ3n) is 6.54. The Hall–Kier alpha value is -3.52.